The highest BCUT2D eigenvalue weighted by molar-refractivity contribution is 5.84. The Labute approximate surface area is 60.3 Å². The van der Waals surface area contributed by atoms with Crippen molar-refractivity contribution in [3.05, 3.63) is 0 Å². The van der Waals surface area contributed by atoms with Crippen LogP contribution in [0.3, 0.4) is 0 Å². The minimum Gasteiger partial charge on any atom is -0.382 e. The molecule has 1 aliphatic heterocycles. The molecule has 0 amide bonds. The van der Waals surface area contributed by atoms with Gasteiger partial charge in [-0.3, -0.25) is 4.79 Å². The highest BCUT2D eigenvalue weighted by Crippen LogP contribution is 2.15. The van der Waals surface area contributed by atoms with Crippen LogP contribution >= 0.6 is 0 Å². The molecule has 58 valence electrons. The van der Waals surface area contributed by atoms with Gasteiger partial charge in [-0.15, -0.1) is 0 Å². The van der Waals surface area contributed by atoms with Gasteiger partial charge in [0.15, 0.2) is 5.78 Å². The van der Waals surface area contributed by atoms with E-state index in [1.165, 1.54) is 0 Å². The summed E-state index contributed by atoms with van der Waals surface area (Å²) in [7, 11) is 1.61. The van der Waals surface area contributed by atoms with Gasteiger partial charge < -0.3 is 9.47 Å². The number of methoxy groups -OCH3 is 1. The van der Waals surface area contributed by atoms with Crippen LogP contribution in [-0.2, 0) is 14.3 Å². The van der Waals surface area contributed by atoms with Gasteiger partial charge in [0, 0.05) is 13.5 Å². The third-order valence-electron chi connectivity index (χ3n) is 1.63. The molecule has 0 radical (unpaired) electrons. The summed E-state index contributed by atoms with van der Waals surface area (Å²) < 4.78 is 10.1. The normalized spacial score (nSPS) is 33.2. The molecular formula is C7H12O3. The van der Waals surface area contributed by atoms with Gasteiger partial charge in [0.2, 0.25) is 0 Å². The van der Waals surface area contributed by atoms with E-state index in [2.05, 4.69) is 0 Å². The molecule has 0 aromatic carbocycles. The number of ether oxygens (including phenoxy) is 2. The Hall–Kier alpha value is -0.410. The molecule has 1 fully saturated rings. The molecule has 3 nitrogen and oxygen atoms in total. The molecule has 1 aliphatic rings. The number of carbonyl (C=O) groups is 1. The van der Waals surface area contributed by atoms with Crippen molar-refractivity contribution in [3.63, 3.8) is 0 Å². The van der Waals surface area contributed by atoms with Gasteiger partial charge in [-0.25, -0.2) is 0 Å². The van der Waals surface area contributed by atoms with E-state index in [9.17, 15) is 4.79 Å². The standard InChI is InChI=1S/C7H12O3/c1-5-7(8)3-6(10-5)4-9-2/h5-6H,3-4H2,1-2H3. The van der Waals surface area contributed by atoms with E-state index in [1.54, 1.807) is 14.0 Å². The lowest BCUT2D eigenvalue weighted by atomic mass is 10.2. The Kier molecular flexibility index (Phi) is 2.40. The first-order valence-corrected chi connectivity index (χ1v) is 3.41. The van der Waals surface area contributed by atoms with Crippen LogP contribution in [0.2, 0.25) is 0 Å². The van der Waals surface area contributed by atoms with Crippen molar-refractivity contribution in [1.82, 2.24) is 0 Å². The molecule has 10 heavy (non-hydrogen) atoms. The van der Waals surface area contributed by atoms with Crippen LogP contribution in [0.25, 0.3) is 0 Å². The summed E-state index contributed by atoms with van der Waals surface area (Å²) in [5.74, 6) is 0.182. The topological polar surface area (TPSA) is 35.5 Å². The summed E-state index contributed by atoms with van der Waals surface area (Å²) in [5.41, 5.74) is 0. The summed E-state index contributed by atoms with van der Waals surface area (Å²) >= 11 is 0. The first kappa shape index (κ1) is 7.69. The van der Waals surface area contributed by atoms with Gasteiger partial charge in [0.1, 0.15) is 6.10 Å². The first-order chi connectivity index (χ1) is 4.74. The number of hydrogen-bond acceptors (Lipinski definition) is 3. The van der Waals surface area contributed by atoms with Gasteiger partial charge in [0.05, 0.1) is 12.7 Å². The van der Waals surface area contributed by atoms with E-state index < -0.39 is 0 Å². The van der Waals surface area contributed by atoms with Crippen LogP contribution in [0, 0.1) is 0 Å². The quantitative estimate of drug-likeness (QED) is 0.562. The second kappa shape index (κ2) is 3.12. The smallest absolute Gasteiger partial charge is 0.163 e. The molecule has 1 saturated heterocycles. The van der Waals surface area contributed by atoms with Gasteiger partial charge in [-0.2, -0.15) is 0 Å². The SMILES string of the molecule is COCC1CC(=O)C(C)O1. The third-order valence-corrected chi connectivity index (χ3v) is 1.63. The minimum atomic E-state index is -0.222. The molecule has 0 aromatic heterocycles. The van der Waals surface area contributed by atoms with Crippen LogP contribution in [0.15, 0.2) is 0 Å². The maximum absolute atomic E-state index is 10.9. The zero-order valence-electron chi connectivity index (χ0n) is 6.29. The maximum Gasteiger partial charge on any atom is 0.163 e. The van der Waals surface area contributed by atoms with Crippen molar-refractivity contribution in [2.45, 2.75) is 25.6 Å². The molecule has 2 unspecified atom stereocenters. The second-order valence-corrected chi connectivity index (χ2v) is 2.53. The highest BCUT2D eigenvalue weighted by atomic mass is 16.5. The number of rotatable bonds is 2. The molecule has 0 aromatic rings. The van der Waals surface area contributed by atoms with Crippen molar-refractivity contribution in [2.24, 2.45) is 0 Å². The van der Waals surface area contributed by atoms with Gasteiger partial charge in [0.25, 0.3) is 0 Å². The van der Waals surface area contributed by atoms with E-state index in [4.69, 9.17) is 9.47 Å². The number of carbonyl (C=O) groups excluding carboxylic acids is 1. The lowest BCUT2D eigenvalue weighted by Gasteiger charge is -2.06. The largest absolute Gasteiger partial charge is 0.382 e. The van der Waals surface area contributed by atoms with Crippen LogP contribution in [0.1, 0.15) is 13.3 Å². The van der Waals surface area contributed by atoms with Crippen LogP contribution in [-0.4, -0.2) is 31.7 Å². The maximum atomic E-state index is 10.9. The van der Waals surface area contributed by atoms with Crippen LogP contribution in [0.5, 0.6) is 0 Å². The van der Waals surface area contributed by atoms with E-state index in [1.807, 2.05) is 0 Å². The van der Waals surface area contributed by atoms with E-state index in [0.29, 0.717) is 13.0 Å². The summed E-state index contributed by atoms with van der Waals surface area (Å²) in [6, 6.07) is 0. The van der Waals surface area contributed by atoms with Crippen molar-refractivity contribution >= 4 is 5.78 Å². The summed E-state index contributed by atoms with van der Waals surface area (Å²) in [4.78, 5) is 10.9. The minimum absolute atomic E-state index is 0.00694. The molecule has 2 atom stereocenters. The molecule has 1 rings (SSSR count). The molecule has 0 aliphatic carbocycles. The fourth-order valence-electron chi connectivity index (χ4n) is 1.09. The van der Waals surface area contributed by atoms with E-state index in [0.717, 1.165) is 0 Å². The predicted octanol–water partition coefficient (Wildman–Crippen LogP) is 0.379. The molecule has 0 saturated carbocycles. The van der Waals surface area contributed by atoms with Crippen LogP contribution in [0.4, 0.5) is 0 Å². The van der Waals surface area contributed by atoms with Crippen molar-refractivity contribution in [1.29, 1.82) is 0 Å². The van der Waals surface area contributed by atoms with Gasteiger partial charge >= 0.3 is 0 Å². The second-order valence-electron chi connectivity index (χ2n) is 2.53. The number of ketones is 1. The number of Topliss-reactive ketones (excluding diaryl/α,β-unsaturated/α-hetero) is 1. The Balaban J connectivity index is 2.34. The van der Waals surface area contributed by atoms with Crippen molar-refractivity contribution in [3.8, 4) is 0 Å². The van der Waals surface area contributed by atoms with Crippen molar-refractivity contribution in [2.75, 3.05) is 13.7 Å². The fraction of sp³-hybridized carbons (Fsp3) is 0.857. The summed E-state index contributed by atoms with van der Waals surface area (Å²) in [6.07, 6.45) is 0.280. The zero-order chi connectivity index (χ0) is 7.56. The Bertz CT molecular complexity index is 133. The molecule has 3 heteroatoms. The van der Waals surface area contributed by atoms with Gasteiger partial charge in [-0.05, 0) is 6.92 Å². The summed E-state index contributed by atoms with van der Waals surface area (Å²) in [6.45, 7) is 2.30. The van der Waals surface area contributed by atoms with E-state index in [-0.39, 0.29) is 18.0 Å². The van der Waals surface area contributed by atoms with Crippen molar-refractivity contribution < 1.29 is 14.3 Å². The predicted molar refractivity (Wildman–Crippen MR) is 35.8 cm³/mol. The Morgan fingerprint density at radius 3 is 2.90 bits per heavy atom. The highest BCUT2D eigenvalue weighted by Gasteiger charge is 2.29. The summed E-state index contributed by atoms with van der Waals surface area (Å²) in [5, 5.41) is 0. The molecule has 0 spiro atoms. The number of hydrogen-bond donors (Lipinski definition) is 0. The third kappa shape index (κ3) is 1.55. The van der Waals surface area contributed by atoms with Gasteiger partial charge in [-0.1, -0.05) is 0 Å². The molecular weight excluding hydrogens is 132 g/mol. The Morgan fingerprint density at radius 1 is 1.80 bits per heavy atom. The zero-order valence-corrected chi connectivity index (χ0v) is 6.29. The fourth-order valence-corrected chi connectivity index (χ4v) is 1.09. The Morgan fingerprint density at radius 2 is 2.50 bits per heavy atom. The first-order valence-electron chi connectivity index (χ1n) is 3.41. The lowest BCUT2D eigenvalue weighted by molar-refractivity contribution is -0.121. The molecule has 0 N–H and O–H groups in total. The average molecular weight is 144 g/mol. The monoisotopic (exact) mass is 144 g/mol. The molecule has 0 bridgehead atoms. The average Bonchev–Trinajstić information content (AvgIpc) is 2.14. The lowest BCUT2D eigenvalue weighted by Crippen LogP contribution is -2.14. The van der Waals surface area contributed by atoms with Crippen LogP contribution < -0.4 is 0 Å². The molecule has 1 heterocycles. The van der Waals surface area contributed by atoms with E-state index >= 15 is 0 Å².